The van der Waals surface area contributed by atoms with Crippen molar-refractivity contribution < 1.29 is 9.53 Å². The van der Waals surface area contributed by atoms with Crippen molar-refractivity contribution in [1.82, 2.24) is 20.1 Å². The monoisotopic (exact) mass is 356 g/mol. The van der Waals surface area contributed by atoms with Crippen LogP contribution in [0.25, 0.3) is 11.4 Å². The van der Waals surface area contributed by atoms with Gasteiger partial charge in [0.05, 0.1) is 23.6 Å². The lowest BCUT2D eigenvalue weighted by Gasteiger charge is -2.06. The summed E-state index contributed by atoms with van der Waals surface area (Å²) < 4.78 is 7.15. The first kappa shape index (κ1) is 17.0. The zero-order valence-electron chi connectivity index (χ0n) is 13.6. The molecule has 3 rings (SSSR count). The second kappa shape index (κ2) is 7.81. The Labute approximate surface area is 150 Å². The molecule has 0 bridgehead atoms. The molecular formula is C18H17ClN4O2. The number of halogens is 1. The minimum atomic E-state index is -0.222. The summed E-state index contributed by atoms with van der Waals surface area (Å²) in [6.07, 6.45) is 1.73. The number of rotatable bonds is 6. The van der Waals surface area contributed by atoms with E-state index in [1.54, 1.807) is 35.1 Å². The van der Waals surface area contributed by atoms with Gasteiger partial charge in [0.1, 0.15) is 5.75 Å². The SMILES string of the molecule is Cn1nc(CNC(=O)COc2ccc(Cl)cc2)cc1-c1ccccn1. The van der Waals surface area contributed by atoms with E-state index in [1.807, 2.05) is 31.3 Å². The van der Waals surface area contributed by atoms with Gasteiger partial charge in [0.25, 0.3) is 5.91 Å². The molecule has 1 amide bonds. The number of hydrogen-bond acceptors (Lipinski definition) is 4. The second-order valence-corrected chi connectivity index (χ2v) is 5.82. The van der Waals surface area contributed by atoms with Crippen molar-refractivity contribution >= 4 is 17.5 Å². The van der Waals surface area contributed by atoms with Crippen LogP contribution in [0.15, 0.2) is 54.7 Å². The number of amides is 1. The highest BCUT2D eigenvalue weighted by atomic mass is 35.5. The van der Waals surface area contributed by atoms with Crippen LogP contribution in [0.3, 0.4) is 0 Å². The Morgan fingerprint density at radius 2 is 2.04 bits per heavy atom. The Bertz CT molecular complexity index is 847. The zero-order valence-corrected chi connectivity index (χ0v) is 14.4. The highest BCUT2D eigenvalue weighted by Gasteiger charge is 2.09. The molecule has 1 aromatic carbocycles. The van der Waals surface area contributed by atoms with Gasteiger partial charge in [-0.15, -0.1) is 0 Å². The maximum atomic E-state index is 11.9. The maximum absolute atomic E-state index is 11.9. The number of carbonyl (C=O) groups excluding carboxylic acids is 1. The smallest absolute Gasteiger partial charge is 0.258 e. The average Bonchev–Trinajstić information content (AvgIpc) is 3.01. The van der Waals surface area contributed by atoms with Crippen LogP contribution < -0.4 is 10.1 Å². The molecule has 25 heavy (non-hydrogen) atoms. The van der Waals surface area contributed by atoms with Crippen molar-refractivity contribution in [2.24, 2.45) is 7.05 Å². The van der Waals surface area contributed by atoms with Crippen LogP contribution in [0.4, 0.5) is 0 Å². The Kier molecular flexibility index (Phi) is 5.30. The van der Waals surface area contributed by atoms with Gasteiger partial charge in [-0.05, 0) is 42.5 Å². The first-order valence-corrected chi connectivity index (χ1v) is 8.09. The van der Waals surface area contributed by atoms with Crippen molar-refractivity contribution in [2.45, 2.75) is 6.54 Å². The topological polar surface area (TPSA) is 69.0 Å². The highest BCUT2D eigenvalue weighted by molar-refractivity contribution is 6.30. The molecule has 1 N–H and O–H groups in total. The third-order valence-corrected chi connectivity index (χ3v) is 3.76. The molecule has 0 spiro atoms. The van der Waals surface area contributed by atoms with Crippen LogP contribution in [0.1, 0.15) is 5.69 Å². The third kappa shape index (κ3) is 4.58. The quantitative estimate of drug-likeness (QED) is 0.737. The molecule has 0 atom stereocenters. The van der Waals surface area contributed by atoms with E-state index < -0.39 is 0 Å². The van der Waals surface area contributed by atoms with Crippen LogP contribution in [-0.2, 0) is 18.4 Å². The van der Waals surface area contributed by atoms with Crippen molar-refractivity contribution in [2.75, 3.05) is 6.61 Å². The average molecular weight is 357 g/mol. The molecule has 0 aliphatic rings. The van der Waals surface area contributed by atoms with E-state index in [9.17, 15) is 4.79 Å². The summed E-state index contributed by atoms with van der Waals surface area (Å²) in [7, 11) is 1.85. The molecule has 3 aromatic rings. The van der Waals surface area contributed by atoms with E-state index >= 15 is 0 Å². The molecule has 0 saturated heterocycles. The predicted molar refractivity (Wildman–Crippen MR) is 95.2 cm³/mol. The molecule has 0 unspecified atom stereocenters. The summed E-state index contributed by atoms with van der Waals surface area (Å²) in [6, 6.07) is 14.5. The highest BCUT2D eigenvalue weighted by Crippen LogP contribution is 2.17. The minimum absolute atomic E-state index is 0.0679. The molecule has 2 heterocycles. The van der Waals surface area contributed by atoms with E-state index in [0.717, 1.165) is 17.1 Å². The fourth-order valence-corrected chi connectivity index (χ4v) is 2.41. The minimum Gasteiger partial charge on any atom is -0.484 e. The van der Waals surface area contributed by atoms with Crippen molar-refractivity contribution in [3.8, 4) is 17.1 Å². The molecule has 0 fully saturated rings. The number of carbonyl (C=O) groups is 1. The Morgan fingerprint density at radius 1 is 1.24 bits per heavy atom. The van der Waals surface area contributed by atoms with E-state index in [1.165, 1.54) is 0 Å². The first-order chi connectivity index (χ1) is 12.1. The van der Waals surface area contributed by atoms with E-state index in [-0.39, 0.29) is 12.5 Å². The number of nitrogens with zero attached hydrogens (tertiary/aromatic N) is 3. The van der Waals surface area contributed by atoms with Crippen LogP contribution in [0.2, 0.25) is 5.02 Å². The van der Waals surface area contributed by atoms with Crippen molar-refractivity contribution in [3.63, 3.8) is 0 Å². The van der Waals surface area contributed by atoms with Gasteiger partial charge in [0, 0.05) is 18.3 Å². The number of hydrogen-bond donors (Lipinski definition) is 1. The van der Waals surface area contributed by atoms with E-state index in [4.69, 9.17) is 16.3 Å². The molecule has 7 heteroatoms. The summed E-state index contributed by atoms with van der Waals surface area (Å²) in [5.74, 6) is 0.370. The van der Waals surface area contributed by atoms with Gasteiger partial charge in [-0.2, -0.15) is 5.10 Å². The lowest BCUT2D eigenvalue weighted by molar-refractivity contribution is -0.123. The molecule has 0 aliphatic heterocycles. The second-order valence-electron chi connectivity index (χ2n) is 5.38. The standard InChI is InChI=1S/C18H17ClN4O2/c1-23-17(16-4-2-3-9-20-16)10-14(22-23)11-21-18(24)12-25-15-7-5-13(19)6-8-15/h2-10H,11-12H2,1H3,(H,21,24). The third-order valence-electron chi connectivity index (χ3n) is 3.51. The van der Waals surface area contributed by atoms with Gasteiger partial charge in [-0.1, -0.05) is 17.7 Å². The Hall–Kier alpha value is -2.86. The van der Waals surface area contributed by atoms with Crippen molar-refractivity contribution in [1.29, 1.82) is 0 Å². The van der Waals surface area contributed by atoms with Gasteiger partial charge in [0.2, 0.25) is 0 Å². The van der Waals surface area contributed by atoms with Crippen LogP contribution in [-0.4, -0.2) is 27.3 Å². The lowest BCUT2D eigenvalue weighted by atomic mass is 10.2. The fourth-order valence-electron chi connectivity index (χ4n) is 2.29. The summed E-state index contributed by atoms with van der Waals surface area (Å²) >= 11 is 5.80. The largest absolute Gasteiger partial charge is 0.484 e. The molecule has 2 aromatic heterocycles. The van der Waals surface area contributed by atoms with Gasteiger partial charge in [0.15, 0.2) is 6.61 Å². The van der Waals surface area contributed by atoms with Crippen LogP contribution in [0, 0.1) is 0 Å². The molecule has 0 radical (unpaired) electrons. The molecule has 128 valence electrons. The van der Waals surface area contributed by atoms with Gasteiger partial charge >= 0.3 is 0 Å². The zero-order chi connectivity index (χ0) is 17.6. The number of aryl methyl sites for hydroxylation is 1. The molecular weight excluding hydrogens is 340 g/mol. The normalized spacial score (nSPS) is 10.5. The van der Waals surface area contributed by atoms with E-state index in [2.05, 4.69) is 15.4 Å². The fraction of sp³-hybridized carbons (Fsp3) is 0.167. The van der Waals surface area contributed by atoms with Crippen molar-refractivity contribution in [3.05, 3.63) is 65.4 Å². The number of aromatic nitrogens is 3. The van der Waals surface area contributed by atoms with Crippen LogP contribution >= 0.6 is 11.6 Å². The van der Waals surface area contributed by atoms with Gasteiger partial charge < -0.3 is 10.1 Å². The Balaban J connectivity index is 1.53. The summed E-state index contributed by atoms with van der Waals surface area (Å²) in [5.41, 5.74) is 2.48. The maximum Gasteiger partial charge on any atom is 0.258 e. The molecule has 6 nitrogen and oxygen atoms in total. The lowest BCUT2D eigenvalue weighted by Crippen LogP contribution is -2.28. The number of nitrogens with one attached hydrogen (secondary N) is 1. The first-order valence-electron chi connectivity index (χ1n) is 7.71. The number of benzene rings is 1. The Morgan fingerprint density at radius 3 is 2.76 bits per heavy atom. The number of pyridine rings is 1. The predicted octanol–water partition coefficient (Wildman–Crippen LogP) is 2.83. The van der Waals surface area contributed by atoms with Gasteiger partial charge in [-0.3, -0.25) is 14.5 Å². The van der Waals surface area contributed by atoms with E-state index in [0.29, 0.717) is 17.3 Å². The van der Waals surface area contributed by atoms with Gasteiger partial charge in [-0.25, -0.2) is 0 Å². The summed E-state index contributed by atoms with van der Waals surface area (Å²) in [5, 5.41) is 7.80. The number of ether oxygens (including phenoxy) is 1. The molecule has 0 aliphatic carbocycles. The molecule has 0 saturated carbocycles. The summed E-state index contributed by atoms with van der Waals surface area (Å²) in [4.78, 5) is 16.2. The van der Waals surface area contributed by atoms with Crippen LogP contribution in [0.5, 0.6) is 5.75 Å². The summed E-state index contributed by atoms with van der Waals surface area (Å²) in [6.45, 7) is 0.255.